The summed E-state index contributed by atoms with van der Waals surface area (Å²) in [4.78, 5) is 6.70. The van der Waals surface area contributed by atoms with Crippen molar-refractivity contribution in [1.29, 1.82) is 0 Å². The number of guanidine groups is 1. The van der Waals surface area contributed by atoms with Crippen molar-refractivity contribution >= 4 is 29.9 Å². The van der Waals surface area contributed by atoms with Crippen LogP contribution in [0, 0.1) is 0 Å². The Labute approximate surface area is 126 Å². The van der Waals surface area contributed by atoms with Gasteiger partial charge in [-0.1, -0.05) is 43.2 Å². The summed E-state index contributed by atoms with van der Waals surface area (Å²) in [5, 5.41) is 0. The van der Waals surface area contributed by atoms with E-state index in [-0.39, 0.29) is 24.0 Å². The summed E-state index contributed by atoms with van der Waals surface area (Å²) < 4.78 is 0. The van der Waals surface area contributed by atoms with E-state index in [1.54, 1.807) is 0 Å². The first kappa shape index (κ1) is 15.3. The van der Waals surface area contributed by atoms with E-state index in [9.17, 15) is 0 Å². The molecular formula is C14H22IN3. The molecule has 2 N–H and O–H groups in total. The lowest BCUT2D eigenvalue weighted by atomic mass is 10.2. The number of hydrogen-bond acceptors (Lipinski definition) is 1. The Morgan fingerprint density at radius 1 is 1.06 bits per heavy atom. The lowest BCUT2D eigenvalue weighted by molar-refractivity contribution is 0.428. The van der Waals surface area contributed by atoms with Crippen molar-refractivity contribution in [2.75, 3.05) is 13.1 Å². The third kappa shape index (κ3) is 4.84. The number of aliphatic imine (C=N–C) groups is 1. The van der Waals surface area contributed by atoms with Crippen molar-refractivity contribution in [1.82, 2.24) is 4.90 Å². The van der Waals surface area contributed by atoms with Crippen LogP contribution < -0.4 is 5.73 Å². The minimum Gasteiger partial charge on any atom is -0.370 e. The van der Waals surface area contributed by atoms with Crippen LogP contribution in [0.3, 0.4) is 0 Å². The van der Waals surface area contributed by atoms with Crippen LogP contribution >= 0.6 is 24.0 Å². The fourth-order valence-electron chi connectivity index (χ4n) is 2.16. The van der Waals surface area contributed by atoms with Crippen LogP contribution in [0.4, 0.5) is 0 Å². The molecule has 1 aromatic rings. The molecule has 0 saturated carbocycles. The van der Waals surface area contributed by atoms with Crippen molar-refractivity contribution in [2.45, 2.75) is 32.2 Å². The third-order valence-electron chi connectivity index (χ3n) is 3.20. The highest BCUT2D eigenvalue weighted by Crippen LogP contribution is 2.09. The zero-order valence-electron chi connectivity index (χ0n) is 10.7. The number of benzene rings is 1. The van der Waals surface area contributed by atoms with Gasteiger partial charge in [-0.3, -0.25) is 0 Å². The molecule has 3 nitrogen and oxygen atoms in total. The highest BCUT2D eigenvalue weighted by molar-refractivity contribution is 14.0. The zero-order valence-corrected chi connectivity index (χ0v) is 13.0. The second-order valence-corrected chi connectivity index (χ2v) is 4.56. The predicted molar refractivity (Wildman–Crippen MR) is 87.2 cm³/mol. The first-order valence-electron chi connectivity index (χ1n) is 6.45. The van der Waals surface area contributed by atoms with E-state index in [0.29, 0.717) is 12.5 Å². The number of hydrogen-bond donors (Lipinski definition) is 1. The lowest BCUT2D eigenvalue weighted by Crippen LogP contribution is -2.38. The van der Waals surface area contributed by atoms with Gasteiger partial charge in [0.2, 0.25) is 0 Å². The minimum absolute atomic E-state index is 0. The lowest BCUT2D eigenvalue weighted by Gasteiger charge is -2.21. The molecule has 4 heteroatoms. The van der Waals surface area contributed by atoms with Gasteiger partial charge in [-0.2, -0.15) is 0 Å². The first-order chi connectivity index (χ1) is 8.36. The Morgan fingerprint density at radius 3 is 2.28 bits per heavy atom. The highest BCUT2D eigenvalue weighted by Gasteiger charge is 2.10. The molecule has 1 fully saturated rings. The maximum absolute atomic E-state index is 6.04. The van der Waals surface area contributed by atoms with E-state index in [1.165, 1.54) is 31.2 Å². The topological polar surface area (TPSA) is 41.6 Å². The van der Waals surface area contributed by atoms with Gasteiger partial charge in [-0.25, -0.2) is 4.99 Å². The Bertz CT molecular complexity index is 357. The molecule has 1 aromatic carbocycles. The number of rotatable bonds is 2. The molecule has 0 aliphatic carbocycles. The maximum Gasteiger partial charge on any atom is 0.191 e. The van der Waals surface area contributed by atoms with Crippen LogP contribution in [-0.4, -0.2) is 23.9 Å². The second-order valence-electron chi connectivity index (χ2n) is 4.56. The molecular weight excluding hydrogens is 337 g/mol. The second kappa shape index (κ2) is 8.34. The van der Waals surface area contributed by atoms with Crippen LogP contribution in [0.1, 0.15) is 31.2 Å². The fraction of sp³-hybridized carbons (Fsp3) is 0.500. The summed E-state index contributed by atoms with van der Waals surface area (Å²) in [6.45, 7) is 2.80. The minimum atomic E-state index is 0. The molecule has 0 unspecified atom stereocenters. The van der Waals surface area contributed by atoms with E-state index in [1.807, 2.05) is 18.2 Å². The molecule has 0 atom stereocenters. The van der Waals surface area contributed by atoms with Crippen LogP contribution in [-0.2, 0) is 6.54 Å². The standard InChI is InChI=1S/C14H21N3.HI/c15-14(17-10-6-1-2-7-11-17)16-12-13-8-4-3-5-9-13;/h3-5,8-9H,1-2,6-7,10-12H2,(H2,15,16);1H. The average Bonchev–Trinajstić information content (AvgIpc) is 2.66. The van der Waals surface area contributed by atoms with Gasteiger partial charge in [0.05, 0.1) is 6.54 Å². The molecule has 1 saturated heterocycles. The largest absolute Gasteiger partial charge is 0.370 e. The van der Waals surface area contributed by atoms with E-state index in [4.69, 9.17) is 5.73 Å². The average molecular weight is 359 g/mol. The molecule has 1 heterocycles. The molecule has 0 bridgehead atoms. The third-order valence-corrected chi connectivity index (χ3v) is 3.20. The molecule has 0 radical (unpaired) electrons. The van der Waals surface area contributed by atoms with E-state index in [0.717, 1.165) is 13.1 Å². The van der Waals surface area contributed by atoms with E-state index in [2.05, 4.69) is 22.0 Å². The summed E-state index contributed by atoms with van der Waals surface area (Å²) in [7, 11) is 0. The van der Waals surface area contributed by atoms with Gasteiger partial charge in [0.15, 0.2) is 5.96 Å². The van der Waals surface area contributed by atoms with Crippen molar-refractivity contribution < 1.29 is 0 Å². The van der Waals surface area contributed by atoms with Crippen molar-refractivity contribution in [3.8, 4) is 0 Å². The SMILES string of the molecule is I.NC(=NCc1ccccc1)N1CCCCCC1. The fourth-order valence-corrected chi connectivity index (χ4v) is 2.16. The molecule has 2 rings (SSSR count). The molecule has 18 heavy (non-hydrogen) atoms. The van der Waals surface area contributed by atoms with E-state index >= 15 is 0 Å². The van der Waals surface area contributed by atoms with Gasteiger partial charge in [0.1, 0.15) is 0 Å². The van der Waals surface area contributed by atoms with Crippen molar-refractivity contribution in [3.63, 3.8) is 0 Å². The number of nitrogens with zero attached hydrogens (tertiary/aromatic N) is 2. The zero-order chi connectivity index (χ0) is 11.9. The molecule has 1 aliphatic rings. The summed E-state index contributed by atoms with van der Waals surface area (Å²) in [5.74, 6) is 0.704. The number of nitrogens with two attached hydrogens (primary N) is 1. The van der Waals surface area contributed by atoms with Gasteiger partial charge in [0, 0.05) is 13.1 Å². The Morgan fingerprint density at radius 2 is 1.67 bits per heavy atom. The van der Waals surface area contributed by atoms with Crippen LogP contribution in [0.15, 0.2) is 35.3 Å². The summed E-state index contributed by atoms with van der Waals surface area (Å²) in [6, 6.07) is 10.3. The highest BCUT2D eigenvalue weighted by atomic mass is 127. The molecule has 0 amide bonds. The molecule has 0 aromatic heterocycles. The van der Waals surface area contributed by atoms with Gasteiger partial charge in [-0.05, 0) is 18.4 Å². The first-order valence-corrected chi connectivity index (χ1v) is 6.45. The summed E-state index contributed by atoms with van der Waals surface area (Å²) in [6.07, 6.45) is 5.12. The van der Waals surface area contributed by atoms with Crippen molar-refractivity contribution in [3.05, 3.63) is 35.9 Å². The molecule has 0 spiro atoms. The quantitative estimate of drug-likeness (QED) is 0.501. The molecule has 1 aliphatic heterocycles. The normalized spacial score (nSPS) is 16.9. The van der Waals surface area contributed by atoms with Crippen LogP contribution in [0.25, 0.3) is 0 Å². The Hall–Kier alpha value is -0.780. The van der Waals surface area contributed by atoms with Gasteiger partial charge in [0.25, 0.3) is 0 Å². The van der Waals surface area contributed by atoms with Gasteiger partial charge in [-0.15, -0.1) is 24.0 Å². The Kier molecular flexibility index (Phi) is 7.08. The molecule has 100 valence electrons. The maximum atomic E-state index is 6.04. The number of likely N-dealkylation sites (tertiary alicyclic amines) is 1. The van der Waals surface area contributed by atoms with Crippen LogP contribution in [0.2, 0.25) is 0 Å². The van der Waals surface area contributed by atoms with Gasteiger partial charge < -0.3 is 10.6 Å². The smallest absolute Gasteiger partial charge is 0.191 e. The predicted octanol–water partition coefficient (Wildman–Crippen LogP) is 3.00. The Balaban J connectivity index is 0.00000162. The summed E-state index contributed by atoms with van der Waals surface area (Å²) >= 11 is 0. The van der Waals surface area contributed by atoms with Crippen LogP contribution in [0.5, 0.6) is 0 Å². The van der Waals surface area contributed by atoms with E-state index < -0.39 is 0 Å². The number of halogens is 1. The van der Waals surface area contributed by atoms with Gasteiger partial charge >= 0.3 is 0 Å². The monoisotopic (exact) mass is 359 g/mol. The van der Waals surface area contributed by atoms with Crippen molar-refractivity contribution in [2.24, 2.45) is 10.7 Å². The summed E-state index contributed by atoms with van der Waals surface area (Å²) in [5.41, 5.74) is 7.25.